The van der Waals surface area contributed by atoms with Crippen molar-refractivity contribution in [2.24, 2.45) is 11.3 Å². The molecule has 0 radical (unpaired) electrons. The van der Waals surface area contributed by atoms with Gasteiger partial charge >= 0.3 is 0 Å². The molecule has 2 aromatic heterocycles. The zero-order valence-electron chi connectivity index (χ0n) is 20.0. The van der Waals surface area contributed by atoms with Crippen molar-refractivity contribution in [1.82, 2.24) is 9.97 Å². The Morgan fingerprint density at radius 2 is 1.97 bits per heavy atom. The van der Waals surface area contributed by atoms with Gasteiger partial charge in [0.25, 0.3) is 5.91 Å². The number of anilines is 3. The first kappa shape index (κ1) is 24.1. The maximum absolute atomic E-state index is 13.1. The highest BCUT2D eigenvalue weighted by Crippen LogP contribution is 2.35. The number of fused-ring (bicyclic) bond motifs is 1. The van der Waals surface area contributed by atoms with E-state index in [4.69, 9.17) is 0 Å². The van der Waals surface area contributed by atoms with Gasteiger partial charge in [0.1, 0.15) is 15.2 Å². The normalized spacial score (nSPS) is 15.3. The van der Waals surface area contributed by atoms with Gasteiger partial charge in [-0.1, -0.05) is 24.3 Å². The second-order valence-electron chi connectivity index (χ2n) is 8.86. The van der Waals surface area contributed by atoms with Crippen LogP contribution in [0.25, 0.3) is 10.3 Å². The number of allylic oxidation sites excluding steroid dienone is 3. The predicted octanol–water partition coefficient (Wildman–Crippen LogP) is 5.28. The summed E-state index contributed by atoms with van der Waals surface area (Å²) in [6, 6.07) is 7.69. The molecule has 2 amide bonds. The lowest BCUT2D eigenvalue weighted by Gasteiger charge is -2.25. The lowest BCUT2D eigenvalue weighted by molar-refractivity contribution is -0.118. The van der Waals surface area contributed by atoms with Crippen molar-refractivity contribution >= 4 is 50.6 Å². The number of hydrogen-bond acceptors (Lipinski definition) is 7. The Kier molecular flexibility index (Phi) is 6.67. The van der Waals surface area contributed by atoms with Gasteiger partial charge in [-0.05, 0) is 50.5 Å². The fourth-order valence-electron chi connectivity index (χ4n) is 3.86. The van der Waals surface area contributed by atoms with Crippen LogP contribution < -0.4 is 16.0 Å². The molecule has 0 saturated heterocycles. The van der Waals surface area contributed by atoms with Crippen molar-refractivity contribution in [3.63, 3.8) is 0 Å². The average molecular weight is 487 g/mol. The van der Waals surface area contributed by atoms with Crippen LogP contribution in [0.1, 0.15) is 35.5 Å². The van der Waals surface area contributed by atoms with E-state index in [0.717, 1.165) is 11.1 Å². The minimum absolute atomic E-state index is 0.166. The summed E-state index contributed by atoms with van der Waals surface area (Å²) in [6.07, 6.45) is 9.25. The molecule has 0 aliphatic heterocycles. The van der Waals surface area contributed by atoms with E-state index in [0.29, 0.717) is 38.7 Å². The third-order valence-electron chi connectivity index (χ3n) is 6.04. The van der Waals surface area contributed by atoms with Crippen molar-refractivity contribution < 1.29 is 9.59 Å². The number of amides is 2. The van der Waals surface area contributed by atoms with Crippen molar-refractivity contribution in [2.45, 2.75) is 27.2 Å². The minimum Gasteiger partial charge on any atom is -0.385 e. The number of rotatable bonds is 6. The zero-order valence-corrected chi connectivity index (χ0v) is 20.8. The number of nitrogens with one attached hydrogen (secondary N) is 3. The summed E-state index contributed by atoms with van der Waals surface area (Å²) in [5, 5.41) is 18.4. The average Bonchev–Trinajstić information content (AvgIpc) is 3.25. The van der Waals surface area contributed by atoms with Gasteiger partial charge in [-0.25, -0.2) is 9.97 Å². The van der Waals surface area contributed by atoms with E-state index in [2.05, 4.69) is 32.0 Å². The summed E-state index contributed by atoms with van der Waals surface area (Å²) < 4.78 is 0. The molecule has 1 aliphatic rings. The van der Waals surface area contributed by atoms with E-state index >= 15 is 0 Å². The number of benzene rings is 1. The zero-order chi connectivity index (χ0) is 25.2. The van der Waals surface area contributed by atoms with Gasteiger partial charge in [0, 0.05) is 30.8 Å². The van der Waals surface area contributed by atoms with Crippen LogP contribution in [-0.2, 0) is 4.79 Å². The molecule has 178 valence electrons. The molecule has 1 atom stereocenters. The number of aryl methyl sites for hydroxylation is 1. The van der Waals surface area contributed by atoms with Crippen LogP contribution >= 0.6 is 11.3 Å². The first-order valence-corrected chi connectivity index (χ1v) is 12.0. The van der Waals surface area contributed by atoms with Crippen molar-refractivity contribution in [3.05, 3.63) is 64.8 Å². The molecule has 0 spiro atoms. The van der Waals surface area contributed by atoms with Crippen molar-refractivity contribution in [1.29, 1.82) is 5.26 Å². The number of carbonyl (C=O) groups is 2. The Morgan fingerprint density at radius 1 is 1.20 bits per heavy atom. The number of carbonyl (C=O) groups excluding carboxylic acids is 2. The Balaban J connectivity index is 1.51. The number of nitriles is 1. The van der Waals surface area contributed by atoms with Gasteiger partial charge in [-0.2, -0.15) is 5.26 Å². The smallest absolute Gasteiger partial charge is 0.268 e. The first-order valence-electron chi connectivity index (χ1n) is 11.2. The molecule has 9 heteroatoms. The van der Waals surface area contributed by atoms with Gasteiger partial charge in [0.05, 0.1) is 23.1 Å². The maximum atomic E-state index is 13.1. The van der Waals surface area contributed by atoms with E-state index in [1.54, 1.807) is 31.6 Å². The van der Waals surface area contributed by atoms with E-state index in [1.165, 1.54) is 11.3 Å². The molecule has 2 heterocycles. The fourth-order valence-corrected chi connectivity index (χ4v) is 4.86. The summed E-state index contributed by atoms with van der Waals surface area (Å²) >= 11 is 1.27. The minimum atomic E-state index is -0.631. The number of nitrogens with zero attached hydrogens (tertiary/aromatic N) is 3. The highest BCUT2D eigenvalue weighted by molar-refractivity contribution is 7.21. The molecule has 0 saturated carbocycles. The summed E-state index contributed by atoms with van der Waals surface area (Å²) in [5.41, 5.74) is 3.61. The van der Waals surface area contributed by atoms with Gasteiger partial charge < -0.3 is 16.0 Å². The standard InChI is InChI=1S/C26H26N6O2S/c1-15-8-9-18(31-23(33)16-6-5-7-17(12-16)26(2,3)14-27)13-19(15)32-24(34)22-20(28-4)21-25(35-22)30-11-10-29-21/h5-11,13,16,28H,12H2,1-4H3,(H,31,33)(H,32,34). The summed E-state index contributed by atoms with van der Waals surface area (Å²) in [6.45, 7) is 5.59. The lowest BCUT2D eigenvalue weighted by Crippen LogP contribution is -2.26. The van der Waals surface area contributed by atoms with Crippen LogP contribution in [0.2, 0.25) is 0 Å². The molecule has 4 rings (SSSR count). The Labute approximate surface area is 207 Å². The second-order valence-corrected chi connectivity index (χ2v) is 9.86. The van der Waals surface area contributed by atoms with E-state index in [1.807, 2.05) is 45.1 Å². The van der Waals surface area contributed by atoms with Crippen LogP contribution in [0.15, 0.2) is 54.4 Å². The predicted molar refractivity (Wildman–Crippen MR) is 139 cm³/mol. The largest absolute Gasteiger partial charge is 0.385 e. The topological polar surface area (TPSA) is 120 Å². The van der Waals surface area contributed by atoms with Gasteiger partial charge in [0.2, 0.25) is 5.91 Å². The number of aromatic nitrogens is 2. The third kappa shape index (κ3) is 4.93. The van der Waals surface area contributed by atoms with Gasteiger partial charge in [-0.3, -0.25) is 9.59 Å². The van der Waals surface area contributed by atoms with Crippen LogP contribution in [0.5, 0.6) is 0 Å². The van der Waals surface area contributed by atoms with E-state index < -0.39 is 5.41 Å². The summed E-state index contributed by atoms with van der Waals surface area (Å²) in [7, 11) is 1.74. The van der Waals surface area contributed by atoms with Gasteiger partial charge in [0.15, 0.2) is 0 Å². The number of thiophene rings is 1. The molecule has 1 unspecified atom stereocenters. The molecular weight excluding hydrogens is 460 g/mol. The first-order chi connectivity index (χ1) is 16.7. The molecule has 3 N–H and O–H groups in total. The van der Waals surface area contributed by atoms with Crippen molar-refractivity contribution in [2.75, 3.05) is 23.0 Å². The number of hydrogen-bond donors (Lipinski definition) is 3. The Hall–Kier alpha value is -4.03. The molecule has 35 heavy (non-hydrogen) atoms. The molecule has 0 fully saturated rings. The molecule has 1 aromatic carbocycles. The SMILES string of the molecule is CNc1c(C(=O)Nc2cc(NC(=O)C3C=CC=C(C(C)(C)C#N)C3)ccc2C)sc2nccnc12. The Bertz CT molecular complexity index is 1410. The van der Waals surface area contributed by atoms with Crippen LogP contribution in [0, 0.1) is 29.6 Å². The monoisotopic (exact) mass is 486 g/mol. The van der Waals surface area contributed by atoms with Crippen LogP contribution in [0.4, 0.5) is 17.1 Å². The van der Waals surface area contributed by atoms with Crippen LogP contribution in [-0.4, -0.2) is 28.8 Å². The third-order valence-corrected chi connectivity index (χ3v) is 7.12. The van der Waals surface area contributed by atoms with Crippen LogP contribution in [0.3, 0.4) is 0 Å². The van der Waals surface area contributed by atoms with Gasteiger partial charge in [-0.15, -0.1) is 11.3 Å². The molecule has 3 aromatic rings. The maximum Gasteiger partial charge on any atom is 0.268 e. The summed E-state index contributed by atoms with van der Waals surface area (Å²) in [5.74, 6) is -0.825. The highest BCUT2D eigenvalue weighted by atomic mass is 32.1. The second kappa shape index (κ2) is 9.68. The van der Waals surface area contributed by atoms with E-state index in [-0.39, 0.29) is 17.7 Å². The summed E-state index contributed by atoms with van der Waals surface area (Å²) in [4.78, 5) is 35.9. The van der Waals surface area contributed by atoms with E-state index in [9.17, 15) is 14.9 Å². The molecule has 1 aliphatic carbocycles. The molecule has 8 nitrogen and oxygen atoms in total. The van der Waals surface area contributed by atoms with Crippen molar-refractivity contribution in [3.8, 4) is 6.07 Å². The Morgan fingerprint density at radius 3 is 2.71 bits per heavy atom. The molecular formula is C26H26N6O2S. The highest BCUT2D eigenvalue weighted by Gasteiger charge is 2.29. The fraction of sp³-hybridized carbons (Fsp3) is 0.269. The molecule has 0 bridgehead atoms. The lowest BCUT2D eigenvalue weighted by atomic mass is 9.78. The quantitative estimate of drug-likeness (QED) is 0.436.